The average Bonchev–Trinajstić information content (AvgIpc) is 2.54. The second-order valence-electron chi connectivity index (χ2n) is 5.70. The molecule has 1 saturated heterocycles. The highest BCUT2D eigenvalue weighted by atomic mass is 16.5. The third-order valence-electron chi connectivity index (χ3n) is 4.48. The van der Waals surface area contributed by atoms with Crippen molar-refractivity contribution >= 4 is 0 Å². The number of aryl methyl sites for hydroxylation is 1. The van der Waals surface area contributed by atoms with Crippen LogP contribution in [-0.2, 0) is 22.3 Å². The normalized spacial score (nSPS) is 19.4. The van der Waals surface area contributed by atoms with Crippen LogP contribution in [0.3, 0.4) is 0 Å². The van der Waals surface area contributed by atoms with Crippen LogP contribution in [0.25, 0.3) is 0 Å². The maximum atomic E-state index is 6.12. The number of rotatable bonds is 7. The van der Waals surface area contributed by atoms with Crippen LogP contribution in [0.15, 0.2) is 24.3 Å². The summed E-state index contributed by atoms with van der Waals surface area (Å²) in [6.45, 7) is 6.40. The Labute approximate surface area is 128 Å². The molecule has 0 aromatic heterocycles. The van der Waals surface area contributed by atoms with Gasteiger partial charge in [0.05, 0.1) is 11.6 Å². The minimum atomic E-state index is -0.217. The van der Waals surface area contributed by atoms with E-state index in [-0.39, 0.29) is 11.6 Å². The highest BCUT2D eigenvalue weighted by Crippen LogP contribution is 2.30. The summed E-state index contributed by atoms with van der Waals surface area (Å²) < 4.78 is 11.6. The zero-order chi connectivity index (χ0) is 15.1. The Kier molecular flexibility index (Phi) is 6.18. The van der Waals surface area contributed by atoms with Crippen LogP contribution in [0.5, 0.6) is 0 Å². The number of nitrogens with two attached hydrogens (primary N) is 1. The van der Waals surface area contributed by atoms with Gasteiger partial charge in [-0.2, -0.15) is 0 Å². The van der Waals surface area contributed by atoms with Gasteiger partial charge in [0.25, 0.3) is 0 Å². The van der Waals surface area contributed by atoms with Gasteiger partial charge in [-0.3, -0.25) is 11.3 Å². The molecule has 1 aromatic rings. The minimum absolute atomic E-state index is 0.105. The van der Waals surface area contributed by atoms with E-state index < -0.39 is 0 Å². The first-order valence-electron chi connectivity index (χ1n) is 7.99. The molecule has 21 heavy (non-hydrogen) atoms. The van der Waals surface area contributed by atoms with Crippen LogP contribution in [0.2, 0.25) is 0 Å². The van der Waals surface area contributed by atoms with Gasteiger partial charge in [0.1, 0.15) is 0 Å². The van der Waals surface area contributed by atoms with E-state index in [1.807, 2.05) is 6.92 Å². The van der Waals surface area contributed by atoms with Gasteiger partial charge >= 0.3 is 0 Å². The molecule has 0 spiro atoms. The fourth-order valence-electron chi connectivity index (χ4n) is 3.14. The molecule has 1 fully saturated rings. The Morgan fingerprint density at radius 1 is 1.19 bits per heavy atom. The van der Waals surface area contributed by atoms with Crippen molar-refractivity contribution in [3.8, 4) is 0 Å². The first kappa shape index (κ1) is 16.4. The van der Waals surface area contributed by atoms with Crippen LogP contribution >= 0.6 is 0 Å². The SMILES string of the molecule is CCOC1(C(Cc2ccc(CC)cc2)NN)CCOCC1. The maximum Gasteiger partial charge on any atom is 0.0895 e. The summed E-state index contributed by atoms with van der Waals surface area (Å²) in [5.41, 5.74) is 5.43. The van der Waals surface area contributed by atoms with Gasteiger partial charge in [-0.15, -0.1) is 0 Å². The zero-order valence-corrected chi connectivity index (χ0v) is 13.2. The lowest BCUT2D eigenvalue weighted by molar-refractivity contribution is -0.126. The van der Waals surface area contributed by atoms with Gasteiger partial charge < -0.3 is 9.47 Å². The fraction of sp³-hybridized carbons (Fsp3) is 0.647. The van der Waals surface area contributed by atoms with Crippen molar-refractivity contribution in [1.29, 1.82) is 0 Å². The lowest BCUT2D eigenvalue weighted by Crippen LogP contribution is -2.58. The Morgan fingerprint density at radius 2 is 1.81 bits per heavy atom. The summed E-state index contributed by atoms with van der Waals surface area (Å²) in [6.07, 6.45) is 3.73. The molecule has 4 heteroatoms. The Morgan fingerprint density at radius 3 is 2.33 bits per heavy atom. The Hall–Kier alpha value is -0.940. The van der Waals surface area contributed by atoms with E-state index in [1.165, 1.54) is 11.1 Å². The van der Waals surface area contributed by atoms with Crippen molar-refractivity contribution in [2.45, 2.75) is 51.2 Å². The molecule has 1 heterocycles. The quantitative estimate of drug-likeness (QED) is 0.597. The molecule has 0 bridgehead atoms. The summed E-state index contributed by atoms with van der Waals surface area (Å²) in [5, 5.41) is 0. The summed E-state index contributed by atoms with van der Waals surface area (Å²) >= 11 is 0. The van der Waals surface area contributed by atoms with Gasteiger partial charge in [0, 0.05) is 32.7 Å². The van der Waals surface area contributed by atoms with E-state index in [0.717, 1.165) is 38.9 Å². The molecule has 4 nitrogen and oxygen atoms in total. The lowest BCUT2D eigenvalue weighted by Gasteiger charge is -2.43. The van der Waals surface area contributed by atoms with E-state index in [1.54, 1.807) is 0 Å². The highest BCUT2D eigenvalue weighted by Gasteiger charge is 2.40. The summed E-state index contributed by atoms with van der Waals surface area (Å²) in [6, 6.07) is 8.89. The van der Waals surface area contributed by atoms with E-state index in [4.69, 9.17) is 15.3 Å². The first-order valence-corrected chi connectivity index (χ1v) is 7.99. The molecule has 1 aromatic carbocycles. The third kappa shape index (κ3) is 4.04. The van der Waals surface area contributed by atoms with Crippen LogP contribution in [0.1, 0.15) is 37.8 Å². The fourth-order valence-corrected chi connectivity index (χ4v) is 3.14. The van der Waals surface area contributed by atoms with Gasteiger partial charge in [-0.05, 0) is 30.9 Å². The van der Waals surface area contributed by atoms with Crippen LogP contribution < -0.4 is 11.3 Å². The number of ether oxygens (including phenoxy) is 2. The van der Waals surface area contributed by atoms with Gasteiger partial charge in [0.15, 0.2) is 0 Å². The third-order valence-corrected chi connectivity index (χ3v) is 4.48. The lowest BCUT2D eigenvalue weighted by atomic mass is 9.83. The predicted molar refractivity (Wildman–Crippen MR) is 85.0 cm³/mol. The van der Waals surface area contributed by atoms with E-state index in [0.29, 0.717) is 6.61 Å². The van der Waals surface area contributed by atoms with Crippen LogP contribution in [0, 0.1) is 0 Å². The predicted octanol–water partition coefficient (Wildman–Crippen LogP) is 2.21. The molecular weight excluding hydrogens is 264 g/mol. The molecule has 1 unspecified atom stereocenters. The summed E-state index contributed by atoms with van der Waals surface area (Å²) in [7, 11) is 0. The van der Waals surface area contributed by atoms with E-state index in [9.17, 15) is 0 Å². The number of hydrogen-bond donors (Lipinski definition) is 2. The smallest absolute Gasteiger partial charge is 0.0895 e. The molecule has 2 rings (SSSR count). The van der Waals surface area contributed by atoms with Gasteiger partial charge in [-0.25, -0.2) is 0 Å². The minimum Gasteiger partial charge on any atom is -0.381 e. The first-order chi connectivity index (χ1) is 10.2. The number of hydrogen-bond acceptors (Lipinski definition) is 4. The molecular formula is C17H28N2O2. The molecule has 0 radical (unpaired) electrons. The molecule has 3 N–H and O–H groups in total. The molecule has 1 aliphatic heterocycles. The van der Waals surface area contributed by atoms with Crippen molar-refractivity contribution < 1.29 is 9.47 Å². The van der Waals surface area contributed by atoms with Gasteiger partial charge in [-0.1, -0.05) is 31.2 Å². The molecule has 0 amide bonds. The van der Waals surface area contributed by atoms with Gasteiger partial charge in [0.2, 0.25) is 0 Å². The summed E-state index contributed by atoms with van der Waals surface area (Å²) in [5.74, 6) is 5.85. The van der Waals surface area contributed by atoms with Crippen molar-refractivity contribution in [3.05, 3.63) is 35.4 Å². The highest BCUT2D eigenvalue weighted by molar-refractivity contribution is 5.24. The van der Waals surface area contributed by atoms with Crippen molar-refractivity contribution in [2.24, 2.45) is 5.84 Å². The van der Waals surface area contributed by atoms with Crippen molar-refractivity contribution in [2.75, 3.05) is 19.8 Å². The Bertz CT molecular complexity index is 408. The molecule has 0 aliphatic carbocycles. The molecule has 118 valence electrons. The second kappa shape index (κ2) is 7.90. The zero-order valence-electron chi connectivity index (χ0n) is 13.2. The topological polar surface area (TPSA) is 56.5 Å². The standard InChI is InChI=1S/C17H28N2O2/c1-3-14-5-7-15(8-6-14)13-16(19-18)17(21-4-2)9-11-20-12-10-17/h5-8,16,19H,3-4,9-13,18H2,1-2H3. The maximum absolute atomic E-state index is 6.12. The van der Waals surface area contributed by atoms with Crippen molar-refractivity contribution in [1.82, 2.24) is 5.43 Å². The Balaban J connectivity index is 2.11. The van der Waals surface area contributed by atoms with Crippen LogP contribution in [-0.4, -0.2) is 31.5 Å². The van der Waals surface area contributed by atoms with Crippen LogP contribution in [0.4, 0.5) is 0 Å². The average molecular weight is 292 g/mol. The largest absolute Gasteiger partial charge is 0.381 e. The second-order valence-corrected chi connectivity index (χ2v) is 5.70. The number of nitrogens with one attached hydrogen (secondary N) is 1. The monoisotopic (exact) mass is 292 g/mol. The number of benzene rings is 1. The van der Waals surface area contributed by atoms with Crippen molar-refractivity contribution in [3.63, 3.8) is 0 Å². The summed E-state index contributed by atoms with van der Waals surface area (Å²) in [4.78, 5) is 0. The van der Waals surface area contributed by atoms with E-state index in [2.05, 4.69) is 36.6 Å². The van der Waals surface area contributed by atoms with E-state index >= 15 is 0 Å². The molecule has 1 aliphatic rings. The number of hydrazine groups is 1. The molecule has 0 saturated carbocycles. The molecule has 1 atom stereocenters.